The van der Waals surface area contributed by atoms with E-state index in [4.69, 9.17) is 0 Å². The lowest BCUT2D eigenvalue weighted by Gasteiger charge is -2.05. The number of anilines is 1. The van der Waals surface area contributed by atoms with Gasteiger partial charge in [-0.2, -0.15) is 5.10 Å². The van der Waals surface area contributed by atoms with Crippen LogP contribution < -0.4 is 5.32 Å². The zero-order valence-electron chi connectivity index (χ0n) is 10.6. The van der Waals surface area contributed by atoms with Crippen molar-refractivity contribution in [1.82, 2.24) is 9.78 Å². The van der Waals surface area contributed by atoms with E-state index < -0.39 is 12.1 Å². The second-order valence-corrected chi connectivity index (χ2v) is 4.23. The predicted molar refractivity (Wildman–Crippen MR) is 66.9 cm³/mol. The lowest BCUT2D eigenvalue weighted by Crippen LogP contribution is -2.16. The first kappa shape index (κ1) is 14.1. The summed E-state index contributed by atoms with van der Waals surface area (Å²) < 4.78 is 38.8. The molecule has 0 radical (unpaired) electrons. The van der Waals surface area contributed by atoms with Gasteiger partial charge >= 0.3 is 0 Å². The number of carbonyl (C=O) groups is 1. The van der Waals surface area contributed by atoms with Gasteiger partial charge in [-0.25, -0.2) is 13.2 Å². The maximum atomic E-state index is 12.7. The molecule has 0 atom stereocenters. The molecule has 20 heavy (non-hydrogen) atoms. The van der Waals surface area contributed by atoms with Gasteiger partial charge in [0.2, 0.25) is 5.91 Å². The molecule has 0 aliphatic rings. The van der Waals surface area contributed by atoms with E-state index in [0.717, 1.165) is 6.07 Å². The Morgan fingerprint density at radius 2 is 2.00 bits per heavy atom. The van der Waals surface area contributed by atoms with Gasteiger partial charge in [0.1, 0.15) is 17.3 Å². The number of rotatable bonds is 4. The van der Waals surface area contributed by atoms with Crippen LogP contribution in [0.15, 0.2) is 30.3 Å². The van der Waals surface area contributed by atoms with Gasteiger partial charge in [-0.05, 0) is 17.7 Å². The van der Waals surface area contributed by atoms with E-state index >= 15 is 0 Å². The molecule has 1 aromatic carbocycles. The number of aromatic nitrogens is 2. The van der Waals surface area contributed by atoms with Crippen molar-refractivity contribution in [3.05, 3.63) is 47.4 Å². The third kappa shape index (κ3) is 3.37. The van der Waals surface area contributed by atoms with E-state index in [1.54, 1.807) is 0 Å². The molecule has 0 saturated heterocycles. The fraction of sp³-hybridized carbons (Fsp3) is 0.231. The number of carbonyl (C=O) groups excluding carboxylic acids is 1. The molecule has 0 unspecified atom stereocenters. The first-order chi connectivity index (χ1) is 9.45. The van der Waals surface area contributed by atoms with Crippen molar-refractivity contribution in [3.8, 4) is 0 Å². The quantitative estimate of drug-likeness (QED) is 0.937. The highest BCUT2D eigenvalue weighted by Gasteiger charge is 2.15. The number of aryl methyl sites for hydroxylation is 1. The summed E-state index contributed by atoms with van der Waals surface area (Å²) in [6.07, 6.45) is -2.67. The van der Waals surface area contributed by atoms with Gasteiger partial charge in [-0.3, -0.25) is 9.48 Å². The van der Waals surface area contributed by atoms with Crippen molar-refractivity contribution >= 4 is 11.7 Å². The normalized spacial score (nSPS) is 10.8. The zero-order chi connectivity index (χ0) is 14.7. The minimum atomic E-state index is -2.69. The Balaban J connectivity index is 2.02. The number of hydrogen-bond donors (Lipinski definition) is 1. The molecule has 0 fully saturated rings. The van der Waals surface area contributed by atoms with Crippen LogP contribution in [0.5, 0.6) is 0 Å². The molecule has 1 N–H and O–H groups in total. The smallest absolute Gasteiger partial charge is 0.282 e. The molecular formula is C13H12F3N3O. The van der Waals surface area contributed by atoms with Crippen molar-refractivity contribution in [1.29, 1.82) is 0 Å². The molecule has 0 spiro atoms. The van der Waals surface area contributed by atoms with Gasteiger partial charge in [0.15, 0.2) is 0 Å². The molecule has 0 bridgehead atoms. The maximum absolute atomic E-state index is 12.7. The Hall–Kier alpha value is -2.31. The topological polar surface area (TPSA) is 46.9 Å². The van der Waals surface area contributed by atoms with Crippen LogP contribution in [-0.2, 0) is 18.3 Å². The molecule has 0 aliphatic carbocycles. The van der Waals surface area contributed by atoms with Crippen LogP contribution in [0, 0.1) is 5.82 Å². The molecule has 7 heteroatoms. The van der Waals surface area contributed by atoms with E-state index in [1.807, 2.05) is 0 Å². The molecule has 1 aromatic heterocycles. The third-order valence-electron chi connectivity index (χ3n) is 2.67. The summed E-state index contributed by atoms with van der Waals surface area (Å²) in [5.41, 5.74) is 0.227. The van der Waals surface area contributed by atoms with E-state index in [0.29, 0.717) is 5.56 Å². The lowest BCUT2D eigenvalue weighted by molar-refractivity contribution is -0.115. The number of alkyl halides is 2. The van der Waals surface area contributed by atoms with Crippen molar-refractivity contribution in [2.75, 3.05) is 5.32 Å². The van der Waals surface area contributed by atoms with Gasteiger partial charge in [-0.1, -0.05) is 12.1 Å². The van der Waals surface area contributed by atoms with E-state index in [9.17, 15) is 18.0 Å². The molecule has 106 valence electrons. The molecule has 2 aromatic rings. The number of benzene rings is 1. The maximum Gasteiger partial charge on any atom is 0.282 e. The monoisotopic (exact) mass is 283 g/mol. The Kier molecular flexibility index (Phi) is 4.07. The SMILES string of the molecule is Cn1nc(C(F)F)cc1NC(=O)Cc1ccc(F)cc1. The summed E-state index contributed by atoms with van der Waals surface area (Å²) >= 11 is 0. The summed E-state index contributed by atoms with van der Waals surface area (Å²) in [7, 11) is 1.46. The number of nitrogens with one attached hydrogen (secondary N) is 1. The van der Waals surface area contributed by atoms with Crippen LogP contribution in [-0.4, -0.2) is 15.7 Å². The van der Waals surface area contributed by atoms with E-state index in [2.05, 4.69) is 10.4 Å². The van der Waals surface area contributed by atoms with E-state index in [-0.39, 0.29) is 24.0 Å². The van der Waals surface area contributed by atoms with Crippen molar-refractivity contribution in [3.63, 3.8) is 0 Å². The Morgan fingerprint density at radius 1 is 1.35 bits per heavy atom. The highest BCUT2D eigenvalue weighted by Crippen LogP contribution is 2.20. The lowest BCUT2D eigenvalue weighted by atomic mass is 10.1. The molecule has 0 aliphatic heterocycles. The second kappa shape index (κ2) is 5.77. The average Bonchev–Trinajstić information content (AvgIpc) is 2.74. The molecule has 1 amide bonds. The second-order valence-electron chi connectivity index (χ2n) is 4.23. The summed E-state index contributed by atoms with van der Waals surface area (Å²) in [5, 5.41) is 6.07. The summed E-state index contributed by atoms with van der Waals surface area (Å²) in [6, 6.07) is 6.60. The summed E-state index contributed by atoms with van der Waals surface area (Å²) in [4.78, 5) is 11.8. The first-order valence-corrected chi connectivity index (χ1v) is 5.82. The largest absolute Gasteiger partial charge is 0.311 e. The number of nitrogens with zero attached hydrogens (tertiary/aromatic N) is 2. The Morgan fingerprint density at radius 3 is 2.55 bits per heavy atom. The van der Waals surface area contributed by atoms with Crippen molar-refractivity contribution in [2.24, 2.45) is 7.05 Å². The van der Waals surface area contributed by atoms with E-state index in [1.165, 1.54) is 36.0 Å². The summed E-state index contributed by atoms with van der Waals surface area (Å²) in [5.74, 6) is -0.588. The summed E-state index contributed by atoms with van der Waals surface area (Å²) in [6.45, 7) is 0. The van der Waals surface area contributed by atoms with Crippen LogP contribution in [0.1, 0.15) is 17.7 Å². The van der Waals surface area contributed by atoms with Crippen LogP contribution >= 0.6 is 0 Å². The number of halogens is 3. The molecular weight excluding hydrogens is 271 g/mol. The minimum Gasteiger partial charge on any atom is -0.311 e. The highest BCUT2D eigenvalue weighted by molar-refractivity contribution is 5.91. The van der Waals surface area contributed by atoms with Gasteiger partial charge in [-0.15, -0.1) is 0 Å². The van der Waals surface area contributed by atoms with Gasteiger partial charge < -0.3 is 5.32 Å². The number of amides is 1. The van der Waals surface area contributed by atoms with Crippen LogP contribution in [0.3, 0.4) is 0 Å². The fourth-order valence-electron chi connectivity index (χ4n) is 1.69. The average molecular weight is 283 g/mol. The standard InChI is InChI=1S/C13H12F3N3O/c1-19-11(7-10(18-19)13(15)16)17-12(20)6-8-2-4-9(14)5-3-8/h2-5,7,13H,6H2,1H3,(H,17,20). The van der Waals surface area contributed by atoms with Gasteiger partial charge in [0.05, 0.1) is 6.42 Å². The van der Waals surface area contributed by atoms with Crippen LogP contribution in [0.25, 0.3) is 0 Å². The molecule has 1 heterocycles. The predicted octanol–water partition coefficient (Wildman–Crippen LogP) is 2.68. The minimum absolute atomic E-state index is 0.0233. The third-order valence-corrected chi connectivity index (χ3v) is 2.67. The van der Waals surface area contributed by atoms with Gasteiger partial charge in [0.25, 0.3) is 6.43 Å². The molecule has 4 nitrogen and oxygen atoms in total. The Bertz CT molecular complexity index is 608. The van der Waals surface area contributed by atoms with Crippen molar-refractivity contribution < 1.29 is 18.0 Å². The Labute approximate surface area is 113 Å². The molecule has 0 saturated carbocycles. The van der Waals surface area contributed by atoms with Crippen LogP contribution in [0.4, 0.5) is 19.0 Å². The molecule has 2 rings (SSSR count). The van der Waals surface area contributed by atoms with Crippen LogP contribution in [0.2, 0.25) is 0 Å². The first-order valence-electron chi connectivity index (χ1n) is 5.82. The highest BCUT2D eigenvalue weighted by atomic mass is 19.3. The fourth-order valence-corrected chi connectivity index (χ4v) is 1.69. The number of hydrogen-bond acceptors (Lipinski definition) is 2. The zero-order valence-corrected chi connectivity index (χ0v) is 10.6. The van der Waals surface area contributed by atoms with Crippen molar-refractivity contribution in [2.45, 2.75) is 12.8 Å². The van der Waals surface area contributed by atoms with Gasteiger partial charge in [0, 0.05) is 13.1 Å².